The third-order valence-electron chi connectivity index (χ3n) is 6.64. The van der Waals surface area contributed by atoms with Crippen molar-refractivity contribution in [3.8, 4) is 0 Å². The second-order valence-electron chi connectivity index (χ2n) is 9.52. The molecule has 192 valence electrons. The minimum Gasteiger partial charge on any atom is -0.342 e. The third kappa shape index (κ3) is 5.63. The van der Waals surface area contributed by atoms with E-state index in [1.54, 1.807) is 41.3 Å². The summed E-state index contributed by atoms with van der Waals surface area (Å²) < 4.78 is 29.1. The Morgan fingerprint density at radius 3 is 2.44 bits per heavy atom. The number of carbonyl (C=O) groups is 3. The van der Waals surface area contributed by atoms with E-state index in [1.807, 2.05) is 19.9 Å². The van der Waals surface area contributed by atoms with Gasteiger partial charge in [-0.1, -0.05) is 50.2 Å². The fraction of sp³-hybridized carbons (Fsp3) is 0.462. The molecule has 0 bridgehead atoms. The molecule has 2 saturated heterocycles. The van der Waals surface area contributed by atoms with Gasteiger partial charge < -0.3 is 20.4 Å². The van der Waals surface area contributed by atoms with Gasteiger partial charge in [-0.05, 0) is 24.0 Å². The molecule has 1 aromatic heterocycles. The Hall–Kier alpha value is -3.56. The van der Waals surface area contributed by atoms with Crippen molar-refractivity contribution in [2.45, 2.75) is 50.9 Å². The Bertz CT molecular complexity index is 1110. The SMILES string of the molecule is CC(C)c1ccc(C(NC(=O)C2CC(F)CN2C(=O)CNC(=O)N2CCC2)c2ccccc2)nc1F. The molecule has 2 aliphatic rings. The molecule has 0 radical (unpaired) electrons. The summed E-state index contributed by atoms with van der Waals surface area (Å²) in [6.45, 7) is 4.44. The fourth-order valence-corrected chi connectivity index (χ4v) is 4.46. The molecule has 2 aliphatic heterocycles. The number of pyridine rings is 1. The number of rotatable bonds is 7. The highest BCUT2D eigenvalue weighted by Gasteiger charge is 2.40. The lowest BCUT2D eigenvalue weighted by Gasteiger charge is -2.31. The number of hydrogen-bond acceptors (Lipinski definition) is 4. The average Bonchev–Trinajstić information content (AvgIpc) is 3.22. The van der Waals surface area contributed by atoms with E-state index in [-0.39, 0.29) is 31.5 Å². The zero-order chi connectivity index (χ0) is 25.8. The Labute approximate surface area is 209 Å². The summed E-state index contributed by atoms with van der Waals surface area (Å²) >= 11 is 0. The van der Waals surface area contributed by atoms with E-state index in [9.17, 15) is 23.2 Å². The summed E-state index contributed by atoms with van der Waals surface area (Å²) in [6, 6.07) is 10.1. The highest BCUT2D eigenvalue weighted by Crippen LogP contribution is 2.26. The number of likely N-dealkylation sites (tertiary alicyclic amines) is 2. The van der Waals surface area contributed by atoms with Gasteiger partial charge in [0.15, 0.2) is 0 Å². The van der Waals surface area contributed by atoms with Crippen LogP contribution >= 0.6 is 0 Å². The van der Waals surface area contributed by atoms with E-state index in [0.29, 0.717) is 29.9 Å². The number of hydrogen-bond donors (Lipinski definition) is 2. The highest BCUT2D eigenvalue weighted by molar-refractivity contribution is 5.91. The lowest BCUT2D eigenvalue weighted by atomic mass is 9.99. The third-order valence-corrected chi connectivity index (χ3v) is 6.64. The molecule has 0 saturated carbocycles. The van der Waals surface area contributed by atoms with Gasteiger partial charge in [0.2, 0.25) is 17.8 Å². The van der Waals surface area contributed by atoms with Crippen LogP contribution in [0.15, 0.2) is 42.5 Å². The number of nitrogens with zero attached hydrogens (tertiary/aromatic N) is 3. The fourth-order valence-electron chi connectivity index (χ4n) is 4.46. The van der Waals surface area contributed by atoms with E-state index in [0.717, 1.165) is 11.3 Å². The molecule has 2 aromatic rings. The number of halogens is 2. The Balaban J connectivity index is 1.51. The number of amides is 4. The van der Waals surface area contributed by atoms with Crippen molar-refractivity contribution in [3.63, 3.8) is 0 Å². The molecular formula is C26H31F2N5O3. The second kappa shape index (κ2) is 11.0. The number of carbonyl (C=O) groups excluding carboxylic acids is 3. The molecule has 2 fully saturated rings. The maximum Gasteiger partial charge on any atom is 0.317 e. The molecule has 4 amide bonds. The minimum atomic E-state index is -1.37. The van der Waals surface area contributed by atoms with Gasteiger partial charge in [0.25, 0.3) is 0 Å². The minimum absolute atomic E-state index is 0.0579. The molecule has 0 spiro atoms. The van der Waals surface area contributed by atoms with Gasteiger partial charge in [0.05, 0.1) is 24.8 Å². The van der Waals surface area contributed by atoms with Crippen molar-refractivity contribution in [2.24, 2.45) is 0 Å². The first-order chi connectivity index (χ1) is 17.2. The van der Waals surface area contributed by atoms with Crippen LogP contribution in [0.1, 0.15) is 55.5 Å². The normalized spacial score (nSPS) is 20.1. The van der Waals surface area contributed by atoms with Crippen molar-refractivity contribution >= 4 is 17.8 Å². The average molecular weight is 500 g/mol. The van der Waals surface area contributed by atoms with E-state index in [1.165, 1.54) is 0 Å². The predicted molar refractivity (Wildman–Crippen MR) is 129 cm³/mol. The predicted octanol–water partition coefficient (Wildman–Crippen LogP) is 2.90. The van der Waals surface area contributed by atoms with Crippen LogP contribution in [0.2, 0.25) is 0 Å². The number of benzene rings is 1. The quantitative estimate of drug-likeness (QED) is 0.573. The van der Waals surface area contributed by atoms with Crippen LogP contribution in [0.5, 0.6) is 0 Å². The van der Waals surface area contributed by atoms with Crippen LogP contribution in [0.3, 0.4) is 0 Å². The highest BCUT2D eigenvalue weighted by atomic mass is 19.1. The van der Waals surface area contributed by atoms with E-state index < -0.39 is 36.0 Å². The summed E-state index contributed by atoms with van der Waals surface area (Å²) in [5.74, 6) is -1.78. The van der Waals surface area contributed by atoms with Crippen LogP contribution in [0.25, 0.3) is 0 Å². The number of nitrogens with one attached hydrogen (secondary N) is 2. The first-order valence-corrected chi connectivity index (χ1v) is 12.2. The first kappa shape index (κ1) is 25.5. The molecule has 2 N–H and O–H groups in total. The van der Waals surface area contributed by atoms with Crippen LogP contribution in [0, 0.1) is 5.95 Å². The van der Waals surface area contributed by atoms with Crippen molar-refractivity contribution in [1.82, 2.24) is 25.4 Å². The monoisotopic (exact) mass is 499 g/mol. The van der Waals surface area contributed by atoms with Crippen molar-refractivity contribution in [2.75, 3.05) is 26.2 Å². The maximum atomic E-state index is 14.7. The molecule has 8 nitrogen and oxygen atoms in total. The van der Waals surface area contributed by atoms with Gasteiger partial charge >= 0.3 is 6.03 Å². The van der Waals surface area contributed by atoms with Crippen LogP contribution in [-0.4, -0.2) is 71.0 Å². The lowest BCUT2D eigenvalue weighted by molar-refractivity contribution is -0.137. The zero-order valence-electron chi connectivity index (χ0n) is 20.4. The van der Waals surface area contributed by atoms with Crippen LogP contribution < -0.4 is 10.6 Å². The number of aromatic nitrogens is 1. The van der Waals surface area contributed by atoms with Crippen molar-refractivity contribution < 1.29 is 23.2 Å². The number of alkyl halides is 1. The Morgan fingerprint density at radius 1 is 1.11 bits per heavy atom. The standard InChI is InChI=1S/C26H31F2N5O3/c1-16(2)19-9-10-20(30-24(19)28)23(17-7-4-3-5-8-17)31-25(35)21-13-18(27)15-33(21)22(34)14-29-26(36)32-11-6-12-32/h3-5,7-10,16,18,21,23H,6,11-15H2,1-2H3,(H,29,36)(H,31,35). The van der Waals surface area contributed by atoms with Gasteiger partial charge in [0, 0.05) is 25.1 Å². The Morgan fingerprint density at radius 2 is 1.83 bits per heavy atom. The van der Waals surface area contributed by atoms with Gasteiger partial charge in [-0.15, -0.1) is 0 Å². The summed E-state index contributed by atoms with van der Waals surface area (Å²) in [6.07, 6.45) is -0.611. The lowest BCUT2D eigenvalue weighted by Crippen LogP contribution is -2.52. The first-order valence-electron chi connectivity index (χ1n) is 12.2. The van der Waals surface area contributed by atoms with E-state index in [2.05, 4.69) is 15.6 Å². The largest absolute Gasteiger partial charge is 0.342 e. The molecule has 3 atom stereocenters. The van der Waals surface area contributed by atoms with Gasteiger partial charge in [0.1, 0.15) is 12.2 Å². The molecule has 0 aliphatic carbocycles. The molecule has 3 unspecified atom stereocenters. The number of urea groups is 1. The summed E-state index contributed by atoms with van der Waals surface area (Å²) in [4.78, 5) is 45.0. The van der Waals surface area contributed by atoms with Gasteiger partial charge in [-0.3, -0.25) is 9.59 Å². The van der Waals surface area contributed by atoms with Crippen molar-refractivity contribution in [3.05, 3.63) is 65.2 Å². The van der Waals surface area contributed by atoms with Crippen LogP contribution in [-0.2, 0) is 9.59 Å². The molecule has 3 heterocycles. The summed E-state index contributed by atoms with van der Waals surface area (Å²) in [7, 11) is 0. The van der Waals surface area contributed by atoms with E-state index in [4.69, 9.17) is 0 Å². The van der Waals surface area contributed by atoms with Gasteiger partial charge in [-0.25, -0.2) is 14.2 Å². The molecule has 36 heavy (non-hydrogen) atoms. The Kier molecular flexibility index (Phi) is 7.81. The second-order valence-corrected chi connectivity index (χ2v) is 9.52. The smallest absolute Gasteiger partial charge is 0.317 e. The maximum absolute atomic E-state index is 14.7. The topological polar surface area (TPSA) is 94.6 Å². The molecule has 10 heteroatoms. The van der Waals surface area contributed by atoms with Crippen LogP contribution in [0.4, 0.5) is 13.6 Å². The molecule has 1 aromatic carbocycles. The zero-order valence-corrected chi connectivity index (χ0v) is 20.4. The van der Waals surface area contributed by atoms with Gasteiger partial charge in [-0.2, -0.15) is 4.39 Å². The summed E-state index contributed by atoms with van der Waals surface area (Å²) in [5, 5.41) is 5.39. The van der Waals surface area contributed by atoms with E-state index >= 15 is 0 Å². The van der Waals surface area contributed by atoms with Crippen molar-refractivity contribution in [1.29, 1.82) is 0 Å². The molecule has 4 rings (SSSR count). The summed E-state index contributed by atoms with van der Waals surface area (Å²) in [5.41, 5.74) is 1.43. The molecular weight excluding hydrogens is 468 g/mol.